The Labute approximate surface area is 148 Å². The molecule has 0 saturated heterocycles. The normalized spacial score (nSPS) is 13.6. The number of hydrazone groups is 1. The van der Waals surface area contributed by atoms with Crippen LogP contribution in [0.3, 0.4) is 0 Å². The lowest BCUT2D eigenvalue weighted by atomic mass is 10.1. The Morgan fingerprint density at radius 1 is 1.16 bits per heavy atom. The lowest BCUT2D eigenvalue weighted by molar-refractivity contribution is -0.119. The van der Waals surface area contributed by atoms with Gasteiger partial charge in [-0.2, -0.15) is 5.10 Å². The van der Waals surface area contributed by atoms with E-state index in [-0.39, 0.29) is 18.4 Å². The number of rotatable bonds is 4. The van der Waals surface area contributed by atoms with E-state index in [0.29, 0.717) is 5.56 Å². The molecule has 0 bridgehead atoms. The summed E-state index contributed by atoms with van der Waals surface area (Å²) in [6.45, 7) is 1.78. The van der Waals surface area contributed by atoms with Crippen LogP contribution < -0.4 is 10.3 Å². The van der Waals surface area contributed by atoms with Gasteiger partial charge >= 0.3 is 0 Å². The van der Waals surface area contributed by atoms with E-state index in [0.717, 1.165) is 27.0 Å². The Hall–Kier alpha value is -2.99. The Kier molecular flexibility index (Phi) is 3.82. The smallest absolute Gasteiger partial charge is 0.260 e. The number of hydrogen-bond donors (Lipinski definition) is 1. The van der Waals surface area contributed by atoms with Crippen LogP contribution in [0.1, 0.15) is 22.2 Å². The van der Waals surface area contributed by atoms with Crippen LogP contribution in [0.15, 0.2) is 59.0 Å². The van der Waals surface area contributed by atoms with Gasteiger partial charge in [0.15, 0.2) is 0 Å². The van der Waals surface area contributed by atoms with Crippen molar-refractivity contribution in [3.8, 4) is 0 Å². The number of amides is 2. The first kappa shape index (κ1) is 15.5. The summed E-state index contributed by atoms with van der Waals surface area (Å²) in [5, 5.41) is 7.98. The van der Waals surface area contributed by atoms with Gasteiger partial charge in [0.1, 0.15) is 6.54 Å². The van der Waals surface area contributed by atoms with Gasteiger partial charge in [0.05, 0.1) is 11.4 Å². The van der Waals surface area contributed by atoms with Crippen LogP contribution >= 0.6 is 11.3 Å². The molecule has 6 heteroatoms. The van der Waals surface area contributed by atoms with E-state index in [2.05, 4.69) is 10.5 Å². The fourth-order valence-electron chi connectivity index (χ4n) is 3.00. The number of carbonyl (C=O) groups excluding carboxylic acids is 2. The number of anilines is 1. The molecule has 1 N–H and O–H groups in total. The highest BCUT2D eigenvalue weighted by Gasteiger charge is 2.30. The average Bonchev–Trinajstić information content (AvgIpc) is 3.25. The summed E-state index contributed by atoms with van der Waals surface area (Å²) in [5.74, 6) is -0.477. The third-order valence-corrected chi connectivity index (χ3v) is 5.16. The highest BCUT2D eigenvalue weighted by atomic mass is 32.1. The van der Waals surface area contributed by atoms with Crippen molar-refractivity contribution in [1.82, 2.24) is 5.43 Å². The second-order valence-electron chi connectivity index (χ2n) is 5.78. The monoisotopic (exact) mass is 349 g/mol. The molecule has 1 aliphatic heterocycles. The molecule has 124 valence electrons. The summed E-state index contributed by atoms with van der Waals surface area (Å²) < 4.78 is 0. The molecule has 0 fully saturated rings. The van der Waals surface area contributed by atoms with Gasteiger partial charge in [0.25, 0.3) is 11.8 Å². The van der Waals surface area contributed by atoms with Crippen molar-refractivity contribution in [2.75, 3.05) is 11.4 Å². The second-order valence-corrected chi connectivity index (χ2v) is 6.73. The van der Waals surface area contributed by atoms with E-state index in [4.69, 9.17) is 0 Å². The summed E-state index contributed by atoms with van der Waals surface area (Å²) in [7, 11) is 0. The lowest BCUT2D eigenvalue weighted by Gasteiger charge is -2.16. The van der Waals surface area contributed by atoms with Crippen LogP contribution in [0, 0.1) is 0 Å². The van der Waals surface area contributed by atoms with E-state index in [1.807, 2.05) is 54.8 Å². The first-order chi connectivity index (χ1) is 12.1. The first-order valence-corrected chi connectivity index (χ1v) is 8.74. The van der Waals surface area contributed by atoms with Gasteiger partial charge < -0.3 is 0 Å². The van der Waals surface area contributed by atoms with Crippen LogP contribution in [-0.2, 0) is 4.79 Å². The molecular weight excluding hydrogens is 334 g/mol. The number of nitrogens with zero attached hydrogens (tertiary/aromatic N) is 2. The van der Waals surface area contributed by atoms with Crippen LogP contribution in [0.25, 0.3) is 10.8 Å². The average molecular weight is 349 g/mol. The zero-order valence-electron chi connectivity index (χ0n) is 13.5. The van der Waals surface area contributed by atoms with Crippen LogP contribution in [0.4, 0.5) is 5.69 Å². The molecule has 4 rings (SSSR count). The molecule has 2 heterocycles. The van der Waals surface area contributed by atoms with Crippen molar-refractivity contribution in [1.29, 1.82) is 0 Å². The summed E-state index contributed by atoms with van der Waals surface area (Å²) in [5.41, 5.74) is 4.68. The maximum absolute atomic E-state index is 12.6. The first-order valence-electron chi connectivity index (χ1n) is 7.86. The molecule has 1 aromatic heterocycles. The predicted molar refractivity (Wildman–Crippen MR) is 100 cm³/mol. The third-order valence-electron chi connectivity index (χ3n) is 4.18. The zero-order valence-corrected chi connectivity index (χ0v) is 14.3. The summed E-state index contributed by atoms with van der Waals surface area (Å²) in [6.07, 6.45) is 0. The summed E-state index contributed by atoms with van der Waals surface area (Å²) in [4.78, 5) is 27.4. The van der Waals surface area contributed by atoms with E-state index in [1.165, 1.54) is 4.90 Å². The number of thiophene rings is 1. The van der Waals surface area contributed by atoms with Crippen molar-refractivity contribution in [3.63, 3.8) is 0 Å². The van der Waals surface area contributed by atoms with Crippen LogP contribution in [-0.4, -0.2) is 24.1 Å². The van der Waals surface area contributed by atoms with Crippen LogP contribution in [0.5, 0.6) is 0 Å². The van der Waals surface area contributed by atoms with Gasteiger partial charge in [-0.15, -0.1) is 11.3 Å². The molecule has 0 aliphatic carbocycles. The van der Waals surface area contributed by atoms with Gasteiger partial charge in [0.2, 0.25) is 0 Å². The van der Waals surface area contributed by atoms with Gasteiger partial charge in [0, 0.05) is 15.8 Å². The molecule has 0 saturated carbocycles. The van der Waals surface area contributed by atoms with E-state index >= 15 is 0 Å². The van der Waals surface area contributed by atoms with Gasteiger partial charge in [-0.25, -0.2) is 5.43 Å². The Morgan fingerprint density at radius 2 is 1.96 bits per heavy atom. The molecule has 0 radical (unpaired) electrons. The minimum absolute atomic E-state index is 0.0617. The van der Waals surface area contributed by atoms with Crippen molar-refractivity contribution >= 4 is 45.3 Å². The minimum Gasteiger partial charge on any atom is -0.298 e. The molecular formula is C19H15N3O2S. The fourth-order valence-corrected chi connectivity index (χ4v) is 3.68. The highest BCUT2D eigenvalue weighted by molar-refractivity contribution is 7.12. The molecule has 0 atom stereocenters. The number of carbonyl (C=O) groups is 2. The minimum atomic E-state index is -0.325. The lowest BCUT2D eigenvalue weighted by Crippen LogP contribution is -2.37. The predicted octanol–water partition coefficient (Wildman–Crippen LogP) is 3.40. The largest absolute Gasteiger partial charge is 0.298 e. The van der Waals surface area contributed by atoms with E-state index in [1.54, 1.807) is 17.4 Å². The Bertz CT molecular complexity index is 1000. The standard InChI is InChI=1S/C19H15N3O2S/c1-12(16-9-4-10-25-16)20-21-17(23)11-22-15-8-3-6-13-5-2-7-14(18(13)15)19(22)24/h2-10H,11H2,1H3,(H,21,23)/b20-12+. The van der Waals surface area contributed by atoms with E-state index in [9.17, 15) is 9.59 Å². The molecule has 5 nitrogen and oxygen atoms in total. The topological polar surface area (TPSA) is 61.8 Å². The number of nitrogens with one attached hydrogen (secondary N) is 1. The fraction of sp³-hybridized carbons (Fsp3) is 0.105. The maximum Gasteiger partial charge on any atom is 0.260 e. The quantitative estimate of drug-likeness (QED) is 0.580. The molecule has 0 unspecified atom stereocenters. The summed E-state index contributed by atoms with van der Waals surface area (Å²) in [6, 6.07) is 15.2. The number of hydrogen-bond acceptors (Lipinski definition) is 4. The molecule has 3 aromatic rings. The van der Waals surface area contributed by atoms with Crippen molar-refractivity contribution < 1.29 is 9.59 Å². The van der Waals surface area contributed by atoms with Crippen molar-refractivity contribution in [2.45, 2.75) is 6.92 Å². The van der Waals surface area contributed by atoms with Crippen molar-refractivity contribution in [2.24, 2.45) is 5.10 Å². The van der Waals surface area contributed by atoms with Crippen molar-refractivity contribution in [3.05, 3.63) is 64.4 Å². The Morgan fingerprint density at radius 3 is 2.72 bits per heavy atom. The van der Waals surface area contributed by atoms with Gasteiger partial charge in [-0.1, -0.05) is 30.3 Å². The molecule has 2 aromatic carbocycles. The second kappa shape index (κ2) is 6.14. The summed E-state index contributed by atoms with van der Waals surface area (Å²) >= 11 is 1.56. The van der Waals surface area contributed by atoms with E-state index < -0.39 is 0 Å². The maximum atomic E-state index is 12.6. The van der Waals surface area contributed by atoms with Gasteiger partial charge in [-0.05, 0) is 35.9 Å². The molecule has 1 aliphatic rings. The Balaban J connectivity index is 1.54. The molecule has 25 heavy (non-hydrogen) atoms. The SMILES string of the molecule is C/C(=N\NC(=O)CN1C(=O)c2cccc3cccc1c23)c1cccs1. The number of benzene rings is 2. The zero-order chi connectivity index (χ0) is 17.4. The highest BCUT2D eigenvalue weighted by Crippen LogP contribution is 2.36. The third kappa shape index (κ3) is 2.70. The van der Waals surface area contributed by atoms with Crippen LogP contribution in [0.2, 0.25) is 0 Å². The van der Waals surface area contributed by atoms with Gasteiger partial charge in [-0.3, -0.25) is 14.5 Å². The molecule has 2 amide bonds. The molecule has 0 spiro atoms.